The molecule has 0 aliphatic carbocycles. The number of primary amides is 1. The third kappa shape index (κ3) is 12.5. The molecular formula is C48H59ClN10O9S. The first-order valence-corrected chi connectivity index (χ1v) is 24.3. The first-order valence-electron chi connectivity index (χ1n) is 22.9. The van der Waals surface area contributed by atoms with Crippen molar-refractivity contribution in [2.24, 2.45) is 11.5 Å². The summed E-state index contributed by atoms with van der Waals surface area (Å²) in [6, 6.07) is 14.4. The second kappa shape index (κ2) is 23.1. The molecule has 0 saturated carbocycles. The number of carbonyl (C=O) groups excluding carboxylic acids is 6. The average Bonchev–Trinajstić information content (AvgIpc) is 4.17. The third-order valence-corrected chi connectivity index (χ3v) is 13.7. The maximum atomic E-state index is 14.3. The molecule has 2 aromatic heterocycles. The summed E-state index contributed by atoms with van der Waals surface area (Å²) in [5.41, 5.74) is 15.4. The fourth-order valence-electron chi connectivity index (χ4n) is 8.42. The molecule has 0 bridgehead atoms. The van der Waals surface area contributed by atoms with Gasteiger partial charge in [0.1, 0.15) is 30.7 Å². The van der Waals surface area contributed by atoms with Crippen molar-refractivity contribution < 1.29 is 43.0 Å². The van der Waals surface area contributed by atoms with Crippen LogP contribution in [0.2, 0.25) is 0 Å². The molecule has 7 rings (SSSR count). The van der Waals surface area contributed by atoms with Crippen LogP contribution in [0.3, 0.4) is 0 Å². The Morgan fingerprint density at radius 3 is 2.43 bits per heavy atom. The second-order valence-corrected chi connectivity index (χ2v) is 18.4. The molecule has 0 radical (unpaired) electrons. The van der Waals surface area contributed by atoms with E-state index in [1.165, 1.54) is 34.0 Å². The van der Waals surface area contributed by atoms with Gasteiger partial charge in [0.05, 0.1) is 16.9 Å². The number of thiophene rings is 1. The van der Waals surface area contributed by atoms with Crippen LogP contribution in [-0.4, -0.2) is 141 Å². The lowest BCUT2D eigenvalue weighted by Crippen LogP contribution is -2.46. The first-order chi connectivity index (χ1) is 33.2. The number of rotatable bonds is 20. The maximum absolute atomic E-state index is 14.3. The maximum Gasteiger partial charge on any atom is 0.415 e. The van der Waals surface area contributed by atoms with E-state index in [-0.39, 0.29) is 56.9 Å². The molecule has 0 spiro atoms. The number of likely N-dealkylation sites (tertiary alicyclic amines) is 1. The van der Waals surface area contributed by atoms with Crippen LogP contribution in [0, 0.1) is 6.92 Å². The average molecular weight is 988 g/mol. The van der Waals surface area contributed by atoms with Crippen LogP contribution in [-0.2, 0) is 20.9 Å². The molecule has 2 aliphatic rings. The Morgan fingerprint density at radius 1 is 0.986 bits per heavy atom. The Kier molecular flexibility index (Phi) is 16.9. The number of aromatic amines is 1. The van der Waals surface area contributed by atoms with Gasteiger partial charge >= 0.3 is 18.2 Å². The van der Waals surface area contributed by atoms with Gasteiger partial charge in [-0.25, -0.2) is 14.4 Å². The summed E-state index contributed by atoms with van der Waals surface area (Å²) in [6.07, 6.45) is 1.79. The third-order valence-electron chi connectivity index (χ3n) is 12.2. The molecule has 1 unspecified atom stereocenters. The van der Waals surface area contributed by atoms with Gasteiger partial charge in [-0.15, -0.1) is 22.9 Å². The van der Waals surface area contributed by atoms with Gasteiger partial charge in [0.25, 0.3) is 5.91 Å². The van der Waals surface area contributed by atoms with E-state index in [1.54, 1.807) is 49.3 Å². The number of H-pyrrole nitrogens is 1. The number of urea groups is 1. The number of benzene rings is 3. The predicted octanol–water partition coefficient (Wildman–Crippen LogP) is 5.68. The highest BCUT2D eigenvalue weighted by Gasteiger charge is 2.37. The van der Waals surface area contributed by atoms with Gasteiger partial charge in [0.2, 0.25) is 11.8 Å². The molecule has 1 saturated heterocycles. The van der Waals surface area contributed by atoms with Crippen molar-refractivity contribution in [1.29, 1.82) is 0 Å². The predicted molar refractivity (Wildman–Crippen MR) is 266 cm³/mol. The zero-order chi connectivity index (χ0) is 49.2. The summed E-state index contributed by atoms with van der Waals surface area (Å²) >= 11 is 8.03. The fourth-order valence-corrected chi connectivity index (χ4v) is 9.69. The first kappa shape index (κ1) is 50.3. The van der Waals surface area contributed by atoms with Crippen molar-refractivity contribution in [3.63, 3.8) is 0 Å². The highest BCUT2D eigenvalue weighted by Crippen LogP contribution is 2.49. The molecule has 21 heteroatoms. The standard InChI is InChI=1S/C48H59ClN10O9S/c1-29-28-69-43-39(23-38-42(41(29)43)32(24-49)26-59(38)45(62)37-22-31-21-34(12-13-35(31)54-37)66-20-19-58-15-4-5-16-58)68-48(65)57(3)18-17-56(2)47(64)67-27-30-8-10-33(11-9-30)53-44(61)36(55-40(60)25-50)7-6-14-52-46(51)63/h8-13,21-23,28,32,36,54H,4-7,14-20,24-27,50H2,1-3H3,(H,53,61)(H,55,60)(H3,51,52,63)/t32-,36?/m1/s1. The van der Waals surface area contributed by atoms with Crippen LogP contribution in [0.5, 0.6) is 11.5 Å². The molecule has 5 aromatic rings. The van der Waals surface area contributed by atoms with Gasteiger partial charge in [-0.3, -0.25) is 19.3 Å². The molecule has 7 amide bonds. The topological polar surface area (TPSA) is 247 Å². The Hall–Kier alpha value is -6.61. The number of nitrogens with zero attached hydrogens (tertiary/aromatic N) is 4. The number of hydrogen-bond acceptors (Lipinski definition) is 12. The number of nitrogens with two attached hydrogens (primary N) is 2. The minimum atomic E-state index is -0.900. The number of nitrogens with one attached hydrogen (secondary N) is 4. The Morgan fingerprint density at radius 2 is 1.72 bits per heavy atom. The monoisotopic (exact) mass is 986 g/mol. The van der Waals surface area contributed by atoms with Gasteiger partial charge in [0.15, 0.2) is 5.75 Å². The number of hydrogen-bond donors (Lipinski definition) is 6. The SMILES string of the molecule is Cc1csc2c(OC(=O)N(C)CCN(C)C(=O)OCc3ccc(NC(=O)C(CCCNC(N)=O)NC(=O)CN)cc3)cc3c(c12)[C@H](CCl)CN3C(=O)c1cc2cc(OCCN3CCCC3)ccc2[nH]1. The number of carbonyl (C=O) groups is 6. The van der Waals surface area contributed by atoms with E-state index in [9.17, 15) is 28.8 Å². The number of likely N-dealkylation sites (N-methyl/N-ethyl adjacent to an activating group) is 2. The van der Waals surface area contributed by atoms with Crippen molar-refractivity contribution in [3.05, 3.63) is 82.4 Å². The summed E-state index contributed by atoms with van der Waals surface area (Å²) in [7, 11) is 3.12. The molecule has 19 nitrogen and oxygen atoms in total. The molecule has 1 fully saturated rings. The van der Waals surface area contributed by atoms with Gasteiger partial charge in [-0.05, 0) is 104 Å². The summed E-state index contributed by atoms with van der Waals surface area (Å²) < 4.78 is 18.4. The van der Waals surface area contributed by atoms with E-state index >= 15 is 0 Å². The zero-order valence-electron chi connectivity index (χ0n) is 38.9. The van der Waals surface area contributed by atoms with E-state index < -0.39 is 36.1 Å². The number of alkyl halides is 1. The Bertz CT molecular complexity index is 2670. The number of fused-ring (bicyclic) bond motifs is 4. The fraction of sp³-hybridized carbons (Fsp3) is 0.417. The highest BCUT2D eigenvalue weighted by molar-refractivity contribution is 7.17. The molecule has 368 valence electrons. The highest BCUT2D eigenvalue weighted by atomic mass is 35.5. The number of halogens is 1. The van der Waals surface area contributed by atoms with Gasteiger partial charge < -0.3 is 61.3 Å². The van der Waals surface area contributed by atoms with Crippen molar-refractivity contribution >= 4 is 91.2 Å². The smallest absolute Gasteiger partial charge is 0.415 e. The number of ether oxygens (including phenoxy) is 3. The molecule has 4 heterocycles. The Balaban J connectivity index is 0.932. The summed E-state index contributed by atoms with van der Waals surface area (Å²) in [4.78, 5) is 86.9. The van der Waals surface area contributed by atoms with Crippen LogP contribution in [0.1, 0.15) is 58.8 Å². The molecule has 2 atom stereocenters. The minimum Gasteiger partial charge on any atom is -0.492 e. The molecular weight excluding hydrogens is 928 g/mol. The second-order valence-electron chi connectivity index (χ2n) is 17.2. The Labute approximate surface area is 408 Å². The molecule has 2 aliphatic heterocycles. The van der Waals surface area contributed by atoms with Gasteiger partial charge in [0, 0.05) is 86.7 Å². The number of aromatic nitrogens is 1. The van der Waals surface area contributed by atoms with E-state index in [0.717, 1.165) is 57.5 Å². The molecule has 3 aromatic carbocycles. The van der Waals surface area contributed by atoms with E-state index in [1.807, 2.05) is 36.6 Å². The lowest BCUT2D eigenvalue weighted by Gasteiger charge is -2.22. The molecule has 69 heavy (non-hydrogen) atoms. The van der Waals surface area contributed by atoms with E-state index in [4.69, 9.17) is 37.3 Å². The van der Waals surface area contributed by atoms with Gasteiger partial charge in [-0.2, -0.15) is 0 Å². The van der Waals surface area contributed by atoms with Crippen LogP contribution >= 0.6 is 22.9 Å². The number of aryl methyl sites for hydroxylation is 1. The van der Waals surface area contributed by atoms with E-state index in [0.29, 0.717) is 48.0 Å². The van der Waals surface area contributed by atoms with Crippen LogP contribution in [0.4, 0.5) is 25.8 Å². The minimum absolute atomic E-state index is 0.0643. The normalized spacial score (nSPS) is 14.9. The quantitative estimate of drug-likeness (QED) is 0.0409. The largest absolute Gasteiger partial charge is 0.492 e. The summed E-state index contributed by atoms with van der Waals surface area (Å²) in [6.45, 7) is 6.14. The van der Waals surface area contributed by atoms with Crippen molar-refractivity contribution in [1.82, 2.24) is 30.3 Å². The number of anilines is 2. The lowest BCUT2D eigenvalue weighted by atomic mass is 9.97. The zero-order valence-corrected chi connectivity index (χ0v) is 40.5. The summed E-state index contributed by atoms with van der Waals surface area (Å²) in [5, 5.41) is 11.5. The van der Waals surface area contributed by atoms with Crippen molar-refractivity contribution in [3.8, 4) is 11.5 Å². The lowest BCUT2D eigenvalue weighted by molar-refractivity contribution is -0.125. The number of amides is 7. The van der Waals surface area contributed by atoms with Crippen LogP contribution in [0.15, 0.2) is 60.0 Å². The molecule has 8 N–H and O–H groups in total. The van der Waals surface area contributed by atoms with Crippen molar-refractivity contribution in [2.45, 2.75) is 51.2 Å². The van der Waals surface area contributed by atoms with Gasteiger partial charge in [-0.1, -0.05) is 12.1 Å². The van der Waals surface area contributed by atoms with Crippen LogP contribution in [0.25, 0.3) is 21.0 Å². The van der Waals surface area contributed by atoms with E-state index in [2.05, 4.69) is 25.8 Å². The summed E-state index contributed by atoms with van der Waals surface area (Å²) in [5.74, 6) is -0.0266. The van der Waals surface area contributed by atoms with Crippen molar-refractivity contribution in [2.75, 3.05) is 89.2 Å². The van der Waals surface area contributed by atoms with Crippen LogP contribution < -0.4 is 41.8 Å².